The van der Waals surface area contributed by atoms with Gasteiger partial charge in [0.25, 0.3) is 0 Å². The number of hydrogen-bond donors (Lipinski definition) is 0. The molecule has 4 rings (SSSR count). The van der Waals surface area contributed by atoms with Crippen molar-refractivity contribution in [2.45, 2.75) is 52.9 Å². The maximum Gasteiger partial charge on any atom is 0.342 e. The molecule has 0 spiro atoms. The van der Waals surface area contributed by atoms with Gasteiger partial charge in [0.1, 0.15) is 23.7 Å². The number of ether oxygens (including phenoxy) is 2. The molecular weight excluding hydrogens is 450 g/mol. The van der Waals surface area contributed by atoms with Crippen molar-refractivity contribution in [3.8, 4) is 5.75 Å². The first kappa shape index (κ1) is 25.7. The third-order valence-corrected chi connectivity index (χ3v) is 6.38. The van der Waals surface area contributed by atoms with E-state index in [4.69, 9.17) is 9.47 Å². The van der Waals surface area contributed by atoms with Gasteiger partial charge in [-0.05, 0) is 60.7 Å². The molecule has 0 bridgehead atoms. The van der Waals surface area contributed by atoms with Gasteiger partial charge in [-0.15, -0.1) is 0 Å². The van der Waals surface area contributed by atoms with E-state index in [1.807, 2.05) is 19.9 Å². The smallest absolute Gasteiger partial charge is 0.342 e. The maximum atomic E-state index is 12.5. The van der Waals surface area contributed by atoms with Gasteiger partial charge in [0.15, 0.2) is 0 Å². The molecule has 0 N–H and O–H groups in total. The van der Waals surface area contributed by atoms with Crippen LogP contribution in [0.5, 0.6) is 5.75 Å². The molecule has 3 aromatic rings. The van der Waals surface area contributed by atoms with E-state index in [2.05, 4.69) is 71.1 Å². The highest BCUT2D eigenvalue weighted by Gasteiger charge is 2.23. The molecule has 0 unspecified atom stereocenters. The van der Waals surface area contributed by atoms with Crippen molar-refractivity contribution in [3.63, 3.8) is 0 Å². The van der Waals surface area contributed by atoms with Crippen LogP contribution in [0.4, 0.5) is 5.82 Å². The van der Waals surface area contributed by atoms with Crippen molar-refractivity contribution in [2.75, 3.05) is 31.1 Å². The molecule has 190 valence electrons. The van der Waals surface area contributed by atoms with E-state index < -0.39 is 0 Å². The van der Waals surface area contributed by atoms with Crippen LogP contribution in [0, 0.1) is 0 Å². The van der Waals surface area contributed by atoms with Crippen molar-refractivity contribution < 1.29 is 14.3 Å². The molecule has 0 radical (unpaired) electrons. The maximum absolute atomic E-state index is 12.5. The van der Waals surface area contributed by atoms with Crippen LogP contribution >= 0.6 is 0 Å². The number of carbonyl (C=O) groups is 1. The molecule has 1 fully saturated rings. The molecule has 6 heteroatoms. The Morgan fingerprint density at radius 2 is 1.67 bits per heavy atom. The zero-order valence-electron chi connectivity index (χ0n) is 21.8. The summed E-state index contributed by atoms with van der Waals surface area (Å²) in [6.07, 6.45) is 1.57. The molecule has 6 nitrogen and oxygen atoms in total. The molecule has 1 aliphatic rings. The zero-order valence-corrected chi connectivity index (χ0v) is 21.8. The molecule has 0 amide bonds. The van der Waals surface area contributed by atoms with Crippen molar-refractivity contribution in [1.29, 1.82) is 0 Å². The largest absolute Gasteiger partial charge is 0.489 e. The summed E-state index contributed by atoms with van der Waals surface area (Å²) in [5.74, 6) is 1.81. The summed E-state index contributed by atoms with van der Waals surface area (Å²) < 4.78 is 11.5. The number of piperazine rings is 1. The van der Waals surface area contributed by atoms with Crippen LogP contribution in [0.3, 0.4) is 0 Å². The molecule has 0 atom stereocenters. The minimum absolute atomic E-state index is 0.160. The summed E-state index contributed by atoms with van der Waals surface area (Å²) in [7, 11) is 0. The van der Waals surface area contributed by atoms with Gasteiger partial charge in [0.2, 0.25) is 0 Å². The van der Waals surface area contributed by atoms with Gasteiger partial charge >= 0.3 is 5.97 Å². The van der Waals surface area contributed by atoms with E-state index in [1.165, 1.54) is 16.7 Å². The highest BCUT2D eigenvalue weighted by molar-refractivity contribution is 5.94. The van der Waals surface area contributed by atoms with E-state index >= 15 is 0 Å². The summed E-state index contributed by atoms with van der Waals surface area (Å²) in [4.78, 5) is 21.6. The fraction of sp³-hybridized carbons (Fsp3) is 0.400. The SMILES string of the molecule is CC(C)OC(=O)c1cccnc1N1CCN(Cc2cccc(OCc3ccc(C(C)C)cc3)c2)CC1. The lowest BCUT2D eigenvalue weighted by atomic mass is 10.0. The average molecular weight is 488 g/mol. The van der Waals surface area contributed by atoms with E-state index in [-0.39, 0.29) is 12.1 Å². The fourth-order valence-electron chi connectivity index (χ4n) is 4.36. The average Bonchev–Trinajstić information content (AvgIpc) is 2.88. The van der Waals surface area contributed by atoms with Crippen molar-refractivity contribution in [1.82, 2.24) is 9.88 Å². The van der Waals surface area contributed by atoms with E-state index in [0.29, 0.717) is 23.9 Å². The molecule has 1 aliphatic heterocycles. The first-order valence-electron chi connectivity index (χ1n) is 12.8. The monoisotopic (exact) mass is 487 g/mol. The molecule has 2 heterocycles. The standard InChI is InChI=1S/C30H37N3O3/c1-22(2)26-12-10-24(11-13-26)21-35-27-8-5-7-25(19-27)20-32-15-17-33(18-16-32)29-28(9-6-14-31-29)30(34)36-23(3)4/h5-14,19,22-23H,15-18,20-21H2,1-4H3. The molecule has 0 aliphatic carbocycles. The number of esters is 1. The number of carbonyl (C=O) groups excluding carboxylic acids is 1. The Bertz CT molecular complexity index is 1140. The molecule has 1 saturated heterocycles. The van der Waals surface area contributed by atoms with Crippen molar-refractivity contribution in [2.24, 2.45) is 0 Å². The predicted molar refractivity (Wildman–Crippen MR) is 144 cm³/mol. The van der Waals surface area contributed by atoms with E-state index in [1.54, 1.807) is 18.3 Å². The van der Waals surface area contributed by atoms with E-state index in [9.17, 15) is 4.79 Å². The van der Waals surface area contributed by atoms with Crippen molar-refractivity contribution in [3.05, 3.63) is 89.1 Å². The van der Waals surface area contributed by atoms with Crippen LogP contribution in [0.15, 0.2) is 66.9 Å². The van der Waals surface area contributed by atoms with Crippen LogP contribution in [0.2, 0.25) is 0 Å². The summed E-state index contributed by atoms with van der Waals surface area (Å²) in [5.41, 5.74) is 4.28. The molecule has 2 aromatic carbocycles. The topological polar surface area (TPSA) is 54.9 Å². The number of aromatic nitrogens is 1. The highest BCUT2D eigenvalue weighted by atomic mass is 16.5. The van der Waals surface area contributed by atoms with Gasteiger partial charge in [0, 0.05) is 38.9 Å². The second kappa shape index (κ2) is 12.0. The lowest BCUT2D eigenvalue weighted by Crippen LogP contribution is -2.46. The summed E-state index contributed by atoms with van der Waals surface area (Å²) in [6.45, 7) is 12.9. The quantitative estimate of drug-likeness (QED) is 0.363. The third-order valence-electron chi connectivity index (χ3n) is 6.38. The summed E-state index contributed by atoms with van der Waals surface area (Å²) >= 11 is 0. The summed E-state index contributed by atoms with van der Waals surface area (Å²) in [6, 6.07) is 20.6. The second-order valence-corrected chi connectivity index (χ2v) is 9.92. The first-order valence-corrected chi connectivity index (χ1v) is 12.8. The Labute approximate surface area is 214 Å². The van der Waals surface area contributed by atoms with Crippen LogP contribution in [0.1, 0.15) is 60.7 Å². The number of rotatable bonds is 9. The fourth-order valence-corrected chi connectivity index (χ4v) is 4.36. The van der Waals surface area contributed by atoms with Gasteiger partial charge in [0.05, 0.1) is 6.10 Å². The lowest BCUT2D eigenvalue weighted by Gasteiger charge is -2.36. The molecule has 1 aromatic heterocycles. The zero-order chi connectivity index (χ0) is 25.5. The number of anilines is 1. The van der Waals surface area contributed by atoms with Gasteiger partial charge < -0.3 is 14.4 Å². The predicted octanol–water partition coefficient (Wildman–Crippen LogP) is 5.67. The number of benzene rings is 2. The number of nitrogens with zero attached hydrogens (tertiary/aromatic N) is 3. The normalized spacial score (nSPS) is 14.3. The van der Waals surface area contributed by atoms with Crippen LogP contribution < -0.4 is 9.64 Å². The Kier molecular flexibility index (Phi) is 8.60. The Morgan fingerprint density at radius 1 is 0.917 bits per heavy atom. The number of hydrogen-bond acceptors (Lipinski definition) is 6. The minimum atomic E-state index is -0.316. The summed E-state index contributed by atoms with van der Waals surface area (Å²) in [5, 5.41) is 0. The van der Waals surface area contributed by atoms with Gasteiger partial charge in [-0.3, -0.25) is 4.90 Å². The van der Waals surface area contributed by atoms with E-state index in [0.717, 1.165) is 38.5 Å². The van der Waals surface area contributed by atoms with Crippen LogP contribution in [-0.2, 0) is 17.9 Å². The van der Waals surface area contributed by atoms with Crippen LogP contribution in [0.25, 0.3) is 0 Å². The molecular formula is C30H37N3O3. The second-order valence-electron chi connectivity index (χ2n) is 9.92. The lowest BCUT2D eigenvalue weighted by molar-refractivity contribution is 0.0378. The molecule has 36 heavy (non-hydrogen) atoms. The van der Waals surface area contributed by atoms with Gasteiger partial charge in [-0.1, -0.05) is 50.2 Å². The number of pyridine rings is 1. The molecule has 0 saturated carbocycles. The van der Waals surface area contributed by atoms with Gasteiger partial charge in [-0.25, -0.2) is 9.78 Å². The highest BCUT2D eigenvalue weighted by Crippen LogP contribution is 2.22. The van der Waals surface area contributed by atoms with Gasteiger partial charge in [-0.2, -0.15) is 0 Å². The van der Waals surface area contributed by atoms with Crippen molar-refractivity contribution >= 4 is 11.8 Å². The Balaban J connectivity index is 1.31. The Hall–Kier alpha value is -3.38. The third kappa shape index (κ3) is 6.85. The Morgan fingerprint density at radius 3 is 2.36 bits per heavy atom. The van der Waals surface area contributed by atoms with Crippen LogP contribution in [-0.4, -0.2) is 48.1 Å². The first-order chi connectivity index (χ1) is 17.4. The minimum Gasteiger partial charge on any atom is -0.489 e.